The van der Waals surface area contributed by atoms with Gasteiger partial charge in [0.15, 0.2) is 5.62 Å². The fraction of sp³-hybridized carbons (Fsp3) is 0.333. The Balaban J connectivity index is 2.65. The smallest absolute Gasteiger partial charge is 0.329 e. The van der Waals surface area contributed by atoms with E-state index in [0.717, 1.165) is 4.57 Å². The SMILES string of the molecule is C=CCN1c2c([nH]c(=O)n(C)c2=O)NC1Cl. The van der Waals surface area contributed by atoms with Gasteiger partial charge in [-0.05, 0) is 0 Å². The molecule has 0 saturated heterocycles. The Morgan fingerprint density at radius 2 is 2.25 bits per heavy atom. The minimum atomic E-state index is -0.557. The van der Waals surface area contributed by atoms with Gasteiger partial charge in [-0.2, -0.15) is 0 Å². The molecule has 6 nitrogen and oxygen atoms in total. The zero-order chi connectivity index (χ0) is 11.9. The van der Waals surface area contributed by atoms with E-state index in [1.807, 2.05) is 0 Å². The largest absolute Gasteiger partial charge is 0.337 e. The maximum Gasteiger partial charge on any atom is 0.329 e. The fourth-order valence-electron chi connectivity index (χ4n) is 1.61. The number of rotatable bonds is 2. The molecule has 1 aromatic heterocycles. The second kappa shape index (κ2) is 3.71. The van der Waals surface area contributed by atoms with Crippen LogP contribution in [0.25, 0.3) is 0 Å². The highest BCUT2D eigenvalue weighted by atomic mass is 35.5. The summed E-state index contributed by atoms with van der Waals surface area (Å²) in [6.45, 7) is 4.02. The normalized spacial score (nSPS) is 18.1. The molecule has 0 amide bonds. The van der Waals surface area contributed by atoms with Crippen molar-refractivity contribution in [2.75, 3.05) is 16.8 Å². The number of aromatic nitrogens is 2. The Bertz CT molecular complexity index is 547. The summed E-state index contributed by atoms with van der Waals surface area (Å²) in [6.07, 6.45) is 1.64. The van der Waals surface area contributed by atoms with E-state index in [1.165, 1.54) is 7.05 Å². The van der Waals surface area contributed by atoms with E-state index in [-0.39, 0.29) is 5.56 Å². The third-order valence-corrected chi connectivity index (χ3v) is 2.78. The van der Waals surface area contributed by atoms with E-state index in [4.69, 9.17) is 11.6 Å². The molecule has 16 heavy (non-hydrogen) atoms. The van der Waals surface area contributed by atoms with Crippen LogP contribution in [0.3, 0.4) is 0 Å². The summed E-state index contributed by atoms with van der Waals surface area (Å²) in [7, 11) is 1.41. The van der Waals surface area contributed by atoms with Gasteiger partial charge in [0.25, 0.3) is 5.56 Å². The second-order valence-electron chi connectivity index (χ2n) is 3.44. The van der Waals surface area contributed by atoms with Crippen LogP contribution in [0.2, 0.25) is 0 Å². The zero-order valence-corrected chi connectivity index (χ0v) is 9.41. The van der Waals surface area contributed by atoms with Crippen LogP contribution < -0.4 is 21.5 Å². The van der Waals surface area contributed by atoms with E-state index < -0.39 is 11.3 Å². The number of aromatic amines is 1. The van der Waals surface area contributed by atoms with Gasteiger partial charge in [0, 0.05) is 13.6 Å². The maximum atomic E-state index is 11.9. The molecule has 1 aliphatic rings. The summed E-state index contributed by atoms with van der Waals surface area (Å²) in [6, 6.07) is 0. The zero-order valence-electron chi connectivity index (χ0n) is 8.66. The van der Waals surface area contributed by atoms with E-state index in [1.54, 1.807) is 11.0 Å². The molecule has 1 aromatic rings. The van der Waals surface area contributed by atoms with E-state index in [0.29, 0.717) is 18.1 Å². The van der Waals surface area contributed by atoms with Crippen LogP contribution in [0, 0.1) is 0 Å². The lowest BCUT2D eigenvalue weighted by Gasteiger charge is -2.18. The van der Waals surface area contributed by atoms with Crippen LogP contribution in [0.1, 0.15) is 0 Å². The van der Waals surface area contributed by atoms with Crippen molar-refractivity contribution in [1.29, 1.82) is 0 Å². The van der Waals surface area contributed by atoms with Crippen LogP contribution in [-0.4, -0.2) is 21.7 Å². The van der Waals surface area contributed by atoms with Gasteiger partial charge in [-0.25, -0.2) is 4.79 Å². The minimum Gasteiger partial charge on any atom is -0.337 e. The molecular formula is C9H11ClN4O2. The first-order chi connectivity index (χ1) is 7.56. The van der Waals surface area contributed by atoms with Crippen LogP contribution >= 0.6 is 11.6 Å². The van der Waals surface area contributed by atoms with Gasteiger partial charge in [0.05, 0.1) is 0 Å². The number of halogens is 1. The van der Waals surface area contributed by atoms with Crippen molar-refractivity contribution in [3.8, 4) is 0 Å². The van der Waals surface area contributed by atoms with Gasteiger partial charge in [-0.15, -0.1) is 6.58 Å². The monoisotopic (exact) mass is 242 g/mol. The lowest BCUT2D eigenvalue weighted by molar-refractivity contribution is 0.775. The topological polar surface area (TPSA) is 70.1 Å². The number of hydrogen-bond donors (Lipinski definition) is 2. The number of H-pyrrole nitrogens is 1. The summed E-state index contributed by atoms with van der Waals surface area (Å²) in [4.78, 5) is 27.4. The predicted molar refractivity (Wildman–Crippen MR) is 63.1 cm³/mol. The Kier molecular flexibility index (Phi) is 2.51. The fourth-order valence-corrected chi connectivity index (χ4v) is 1.90. The van der Waals surface area contributed by atoms with Gasteiger partial charge in [-0.1, -0.05) is 17.7 Å². The highest BCUT2D eigenvalue weighted by Crippen LogP contribution is 2.29. The molecule has 0 spiro atoms. The van der Waals surface area contributed by atoms with Crippen LogP contribution in [0.4, 0.5) is 11.5 Å². The van der Waals surface area contributed by atoms with Crippen LogP contribution in [0.15, 0.2) is 22.2 Å². The average molecular weight is 243 g/mol. The van der Waals surface area contributed by atoms with E-state index in [2.05, 4.69) is 16.9 Å². The first-order valence-electron chi connectivity index (χ1n) is 4.67. The number of alkyl halides is 1. The Labute approximate surface area is 96.1 Å². The van der Waals surface area contributed by atoms with Crippen molar-refractivity contribution < 1.29 is 0 Å². The molecule has 0 aromatic carbocycles. The Hall–Kier alpha value is -1.69. The van der Waals surface area contributed by atoms with Crippen molar-refractivity contribution in [2.24, 2.45) is 7.05 Å². The first-order valence-corrected chi connectivity index (χ1v) is 5.11. The standard InChI is InChI=1S/C9H11ClN4O2/c1-3-4-14-5-6(11-8(14)10)12-9(16)13(2)7(5)15/h3,8,11H,1,4H2,2H3,(H,12,16). The van der Waals surface area contributed by atoms with Gasteiger partial charge >= 0.3 is 5.69 Å². The highest BCUT2D eigenvalue weighted by Gasteiger charge is 2.30. The van der Waals surface area contributed by atoms with Gasteiger partial charge < -0.3 is 10.2 Å². The quantitative estimate of drug-likeness (QED) is 0.436. The molecular weight excluding hydrogens is 232 g/mol. The lowest BCUT2D eigenvalue weighted by Crippen LogP contribution is -2.37. The van der Waals surface area contributed by atoms with Crippen molar-refractivity contribution in [1.82, 2.24) is 9.55 Å². The highest BCUT2D eigenvalue weighted by molar-refractivity contribution is 6.24. The van der Waals surface area contributed by atoms with Crippen molar-refractivity contribution in [3.05, 3.63) is 33.5 Å². The molecule has 2 N–H and O–H groups in total. The Morgan fingerprint density at radius 3 is 2.88 bits per heavy atom. The molecule has 0 radical (unpaired) electrons. The first kappa shape index (κ1) is 10.8. The number of nitrogens with one attached hydrogen (secondary N) is 2. The summed E-state index contributed by atoms with van der Waals surface area (Å²) in [5.74, 6) is 0.356. The van der Waals surface area contributed by atoms with E-state index >= 15 is 0 Å². The molecule has 2 rings (SSSR count). The van der Waals surface area contributed by atoms with Crippen molar-refractivity contribution in [3.63, 3.8) is 0 Å². The lowest BCUT2D eigenvalue weighted by atomic mass is 10.4. The molecule has 1 aliphatic heterocycles. The number of hydrogen-bond acceptors (Lipinski definition) is 4. The predicted octanol–water partition coefficient (Wildman–Crippen LogP) is 0.0139. The minimum absolute atomic E-state index is 0.356. The van der Waals surface area contributed by atoms with Gasteiger partial charge in [0.1, 0.15) is 11.5 Å². The number of fused-ring (bicyclic) bond motifs is 1. The molecule has 1 unspecified atom stereocenters. The third-order valence-electron chi connectivity index (χ3n) is 2.43. The molecule has 0 aliphatic carbocycles. The summed E-state index contributed by atoms with van der Waals surface area (Å²) >= 11 is 6.00. The van der Waals surface area contributed by atoms with Crippen LogP contribution in [-0.2, 0) is 7.05 Å². The average Bonchev–Trinajstić information content (AvgIpc) is 2.53. The molecule has 86 valence electrons. The summed E-state index contributed by atoms with van der Waals surface area (Å²) in [5.41, 5.74) is -1.04. The molecule has 0 bridgehead atoms. The molecule has 2 heterocycles. The maximum absolute atomic E-state index is 11.9. The van der Waals surface area contributed by atoms with Crippen LogP contribution in [0.5, 0.6) is 0 Å². The molecule has 0 fully saturated rings. The van der Waals surface area contributed by atoms with E-state index in [9.17, 15) is 9.59 Å². The van der Waals surface area contributed by atoms with Crippen molar-refractivity contribution in [2.45, 2.75) is 5.62 Å². The summed E-state index contributed by atoms with van der Waals surface area (Å²) in [5, 5.41) is 2.82. The molecule has 1 atom stereocenters. The third kappa shape index (κ3) is 1.42. The van der Waals surface area contributed by atoms with Gasteiger partial charge in [0.2, 0.25) is 0 Å². The van der Waals surface area contributed by atoms with Gasteiger partial charge in [-0.3, -0.25) is 14.3 Å². The Morgan fingerprint density at radius 1 is 1.56 bits per heavy atom. The van der Waals surface area contributed by atoms with Crippen molar-refractivity contribution >= 4 is 23.1 Å². The molecule has 7 heteroatoms. The number of nitrogens with zero attached hydrogens (tertiary/aromatic N) is 2. The second-order valence-corrected chi connectivity index (χ2v) is 3.85. The molecule has 0 saturated carbocycles. The number of anilines is 2. The summed E-state index contributed by atoms with van der Waals surface area (Å²) < 4.78 is 1.01.